The van der Waals surface area contributed by atoms with Crippen molar-refractivity contribution in [2.45, 2.75) is 72.6 Å². The van der Waals surface area contributed by atoms with Crippen LogP contribution in [0.2, 0.25) is 0 Å². The normalized spacial score (nSPS) is 19.9. The molecule has 0 N–H and O–H groups in total. The van der Waals surface area contributed by atoms with Gasteiger partial charge in [-0.1, -0.05) is 56.7 Å². The molecule has 0 aliphatic carbocycles. The van der Waals surface area contributed by atoms with Crippen LogP contribution in [0.3, 0.4) is 0 Å². The number of hydrogen-bond acceptors (Lipinski definition) is 5. The van der Waals surface area contributed by atoms with Crippen molar-refractivity contribution < 1.29 is 19.1 Å². The Labute approximate surface area is 202 Å². The minimum atomic E-state index is -0.210. The summed E-state index contributed by atoms with van der Waals surface area (Å²) < 4.78 is 11.0. The highest BCUT2D eigenvalue weighted by atomic mass is 16.7. The fourth-order valence-corrected chi connectivity index (χ4v) is 4.96. The van der Waals surface area contributed by atoms with E-state index in [1.807, 2.05) is 29.2 Å². The summed E-state index contributed by atoms with van der Waals surface area (Å²) in [7, 11) is 0. The Morgan fingerprint density at radius 3 is 2.53 bits per heavy atom. The smallest absolute Gasteiger partial charge is 0.231 e. The van der Waals surface area contributed by atoms with E-state index in [1.165, 1.54) is 5.56 Å². The molecule has 0 spiro atoms. The quantitative estimate of drug-likeness (QED) is 0.593. The van der Waals surface area contributed by atoms with E-state index in [1.54, 1.807) is 6.92 Å². The van der Waals surface area contributed by atoms with E-state index in [-0.39, 0.29) is 36.0 Å². The number of carbonyl (C=O) groups excluding carboxylic acids is 2. The van der Waals surface area contributed by atoms with Crippen LogP contribution in [0.4, 0.5) is 0 Å². The zero-order valence-electron chi connectivity index (χ0n) is 21.0. The van der Waals surface area contributed by atoms with Crippen molar-refractivity contribution >= 4 is 11.7 Å². The summed E-state index contributed by atoms with van der Waals surface area (Å²) >= 11 is 0. The maximum absolute atomic E-state index is 13.5. The van der Waals surface area contributed by atoms with Gasteiger partial charge in [0.1, 0.15) is 5.78 Å². The number of ketones is 1. The molecule has 2 heterocycles. The standard InChI is InChI=1S/C28H36N2O4/c1-19-7-6-8-21(11-19)16-30(27(32)14-28(3,4)5)23-13-24(20(2)31)29(17-23)15-22-9-10-25-26(12-22)34-18-33-25/h6-12,23-24H,13-18H2,1-5H3/t23-,24+/m1/s1. The summed E-state index contributed by atoms with van der Waals surface area (Å²) in [5, 5.41) is 0. The summed E-state index contributed by atoms with van der Waals surface area (Å²) in [5.74, 6) is 1.78. The maximum atomic E-state index is 13.5. The molecule has 2 aliphatic heterocycles. The Hall–Kier alpha value is -2.86. The molecule has 1 fully saturated rings. The van der Waals surface area contributed by atoms with Crippen LogP contribution in [0, 0.1) is 12.3 Å². The van der Waals surface area contributed by atoms with Gasteiger partial charge in [-0.3, -0.25) is 14.5 Å². The van der Waals surface area contributed by atoms with Crippen molar-refractivity contribution in [2.75, 3.05) is 13.3 Å². The van der Waals surface area contributed by atoms with Crippen LogP contribution < -0.4 is 9.47 Å². The molecular weight excluding hydrogens is 428 g/mol. The molecule has 2 aromatic rings. The summed E-state index contributed by atoms with van der Waals surface area (Å²) in [5.41, 5.74) is 3.27. The molecule has 0 radical (unpaired) electrons. The highest BCUT2D eigenvalue weighted by molar-refractivity contribution is 5.82. The lowest BCUT2D eigenvalue weighted by Crippen LogP contribution is -2.42. The molecule has 0 unspecified atom stereocenters. The van der Waals surface area contributed by atoms with Crippen molar-refractivity contribution in [1.82, 2.24) is 9.80 Å². The lowest BCUT2D eigenvalue weighted by Gasteiger charge is -2.32. The summed E-state index contributed by atoms with van der Waals surface area (Å²) in [6, 6.07) is 14.0. The molecule has 2 aromatic carbocycles. The Balaban J connectivity index is 1.56. The van der Waals surface area contributed by atoms with Crippen LogP contribution in [-0.4, -0.2) is 46.9 Å². The molecule has 2 aliphatic rings. The first kappa shape index (κ1) is 24.3. The topological polar surface area (TPSA) is 59.1 Å². The number of hydrogen-bond donors (Lipinski definition) is 0. The Morgan fingerprint density at radius 2 is 1.82 bits per heavy atom. The molecular formula is C28H36N2O4. The van der Waals surface area contributed by atoms with Gasteiger partial charge in [-0.2, -0.15) is 0 Å². The summed E-state index contributed by atoms with van der Waals surface area (Å²) in [6.45, 7) is 12.1. The van der Waals surface area contributed by atoms with E-state index in [0.717, 1.165) is 22.6 Å². The van der Waals surface area contributed by atoms with E-state index < -0.39 is 0 Å². The van der Waals surface area contributed by atoms with Crippen LogP contribution in [0.25, 0.3) is 0 Å². The van der Waals surface area contributed by atoms with Gasteiger partial charge in [-0.05, 0) is 48.9 Å². The lowest BCUT2D eigenvalue weighted by molar-refractivity contribution is -0.136. The number of aryl methyl sites for hydroxylation is 1. The first-order chi connectivity index (χ1) is 16.1. The van der Waals surface area contributed by atoms with Crippen molar-refractivity contribution in [2.24, 2.45) is 5.41 Å². The Kier molecular flexibility index (Phi) is 6.99. The van der Waals surface area contributed by atoms with E-state index in [0.29, 0.717) is 32.5 Å². The van der Waals surface area contributed by atoms with Crippen molar-refractivity contribution in [3.8, 4) is 11.5 Å². The van der Waals surface area contributed by atoms with E-state index >= 15 is 0 Å². The van der Waals surface area contributed by atoms with Gasteiger partial charge < -0.3 is 14.4 Å². The van der Waals surface area contributed by atoms with Crippen LogP contribution >= 0.6 is 0 Å². The van der Waals surface area contributed by atoms with Gasteiger partial charge in [0.25, 0.3) is 0 Å². The highest BCUT2D eigenvalue weighted by Gasteiger charge is 2.40. The Bertz CT molecular complexity index is 1060. The zero-order valence-corrected chi connectivity index (χ0v) is 21.0. The van der Waals surface area contributed by atoms with Gasteiger partial charge in [0, 0.05) is 32.1 Å². The number of nitrogens with zero attached hydrogens (tertiary/aromatic N) is 2. The van der Waals surface area contributed by atoms with Gasteiger partial charge >= 0.3 is 0 Å². The van der Waals surface area contributed by atoms with Crippen LogP contribution in [0.5, 0.6) is 11.5 Å². The minimum absolute atomic E-state index is 0.0155. The Morgan fingerprint density at radius 1 is 1.06 bits per heavy atom. The molecule has 0 aromatic heterocycles. The number of benzene rings is 2. The number of ether oxygens (including phenoxy) is 2. The second kappa shape index (κ2) is 9.79. The molecule has 6 heteroatoms. The second-order valence-corrected chi connectivity index (χ2v) is 10.9. The molecule has 0 bridgehead atoms. The average molecular weight is 465 g/mol. The van der Waals surface area contributed by atoms with Gasteiger partial charge in [0.05, 0.1) is 6.04 Å². The fourth-order valence-electron chi connectivity index (χ4n) is 4.96. The number of Topliss-reactive ketones (excluding diaryl/α,β-unsaturated/α-hetero) is 1. The van der Waals surface area contributed by atoms with Gasteiger partial charge in [-0.15, -0.1) is 0 Å². The fraction of sp³-hybridized carbons (Fsp3) is 0.500. The number of rotatable bonds is 7. The maximum Gasteiger partial charge on any atom is 0.231 e. The molecule has 0 saturated carbocycles. The first-order valence-corrected chi connectivity index (χ1v) is 12.1. The number of fused-ring (bicyclic) bond motifs is 1. The van der Waals surface area contributed by atoms with Gasteiger partial charge in [0.15, 0.2) is 11.5 Å². The van der Waals surface area contributed by atoms with Gasteiger partial charge in [0.2, 0.25) is 12.7 Å². The summed E-state index contributed by atoms with van der Waals surface area (Å²) in [6.07, 6.45) is 1.13. The third-order valence-corrected chi connectivity index (χ3v) is 6.55. The lowest BCUT2D eigenvalue weighted by atomic mass is 9.91. The molecule has 1 saturated heterocycles. The third-order valence-electron chi connectivity index (χ3n) is 6.55. The first-order valence-electron chi connectivity index (χ1n) is 12.1. The predicted molar refractivity (Wildman–Crippen MR) is 132 cm³/mol. The second-order valence-electron chi connectivity index (χ2n) is 10.9. The highest BCUT2D eigenvalue weighted by Crippen LogP contribution is 2.34. The molecule has 34 heavy (non-hydrogen) atoms. The van der Waals surface area contributed by atoms with Crippen LogP contribution in [0.1, 0.15) is 57.2 Å². The monoisotopic (exact) mass is 464 g/mol. The SMILES string of the molecule is CC(=O)[C@@H]1C[C@@H](N(Cc2cccc(C)c2)C(=O)CC(C)(C)C)CN1Cc1ccc2c(c1)OCO2. The van der Waals surface area contributed by atoms with Crippen molar-refractivity contribution in [3.05, 3.63) is 59.2 Å². The number of carbonyl (C=O) groups is 2. The molecule has 2 atom stereocenters. The van der Waals surface area contributed by atoms with Crippen molar-refractivity contribution in [3.63, 3.8) is 0 Å². The van der Waals surface area contributed by atoms with E-state index in [4.69, 9.17) is 9.47 Å². The number of likely N-dealkylation sites (tertiary alicyclic amines) is 1. The van der Waals surface area contributed by atoms with Crippen LogP contribution in [-0.2, 0) is 22.7 Å². The van der Waals surface area contributed by atoms with Crippen LogP contribution in [0.15, 0.2) is 42.5 Å². The van der Waals surface area contributed by atoms with Crippen molar-refractivity contribution in [1.29, 1.82) is 0 Å². The van der Waals surface area contributed by atoms with E-state index in [9.17, 15) is 9.59 Å². The molecule has 182 valence electrons. The summed E-state index contributed by atoms with van der Waals surface area (Å²) in [4.78, 5) is 30.3. The average Bonchev–Trinajstić information content (AvgIpc) is 3.37. The minimum Gasteiger partial charge on any atom is -0.454 e. The van der Waals surface area contributed by atoms with Gasteiger partial charge in [-0.25, -0.2) is 0 Å². The molecule has 6 nitrogen and oxygen atoms in total. The predicted octanol–water partition coefficient (Wildman–Crippen LogP) is 4.72. The largest absolute Gasteiger partial charge is 0.454 e. The zero-order chi connectivity index (χ0) is 24.5. The molecule has 4 rings (SSSR count). The third kappa shape index (κ3) is 5.79. The van der Waals surface area contributed by atoms with E-state index in [2.05, 4.69) is 50.8 Å². The number of amides is 1. The molecule has 1 amide bonds.